The molecule has 8 heteroatoms. The first kappa shape index (κ1) is 19.3. The smallest absolute Gasteiger partial charge is 0.356 e. The highest BCUT2D eigenvalue weighted by molar-refractivity contribution is 6.30. The van der Waals surface area contributed by atoms with Gasteiger partial charge >= 0.3 is 6.18 Å². The molecule has 2 rings (SSSR count). The molecule has 0 amide bonds. The summed E-state index contributed by atoms with van der Waals surface area (Å²) < 4.78 is 39.6. The fourth-order valence-electron chi connectivity index (χ4n) is 2.45. The van der Waals surface area contributed by atoms with Crippen molar-refractivity contribution in [2.24, 2.45) is 0 Å². The third kappa shape index (κ3) is 5.22. The van der Waals surface area contributed by atoms with Crippen molar-refractivity contribution in [3.05, 3.63) is 41.0 Å². The molecule has 0 bridgehead atoms. The average molecular weight is 373 g/mol. The van der Waals surface area contributed by atoms with E-state index in [2.05, 4.69) is 34.0 Å². The first-order valence-corrected chi connectivity index (χ1v) is 8.44. The largest absolute Gasteiger partial charge is 0.418 e. The van der Waals surface area contributed by atoms with Gasteiger partial charge in [-0.3, -0.25) is 0 Å². The van der Waals surface area contributed by atoms with Gasteiger partial charge in [0.1, 0.15) is 5.82 Å². The van der Waals surface area contributed by atoms with Crippen LogP contribution in [0.15, 0.2) is 30.5 Å². The molecule has 0 unspecified atom stereocenters. The number of alkyl halides is 3. The monoisotopic (exact) mass is 372 g/mol. The fourth-order valence-corrected chi connectivity index (χ4v) is 2.62. The summed E-state index contributed by atoms with van der Waals surface area (Å²) in [6, 6.07) is 5.30. The molecule has 1 aromatic carbocycles. The molecule has 0 radical (unpaired) electrons. The Morgan fingerprint density at radius 2 is 1.80 bits per heavy atom. The summed E-state index contributed by atoms with van der Waals surface area (Å²) in [6.45, 7) is 5.76. The van der Waals surface area contributed by atoms with Gasteiger partial charge in [0.2, 0.25) is 5.95 Å². The minimum atomic E-state index is -4.53. The maximum atomic E-state index is 13.2. The standard InChI is InChI=1S/C17H20ClF3N4/c1-3-9-25(10-4-2)15-7-8-22-16(24-15)23-14-6-5-12(18)11-13(14)17(19,20)21/h5-8,11H,3-4,9-10H2,1-2H3,(H,22,23,24). The van der Waals surface area contributed by atoms with Gasteiger partial charge in [-0.05, 0) is 37.1 Å². The minimum absolute atomic E-state index is 0.0182. The highest BCUT2D eigenvalue weighted by Gasteiger charge is 2.34. The van der Waals surface area contributed by atoms with Crippen LogP contribution in [-0.4, -0.2) is 23.1 Å². The van der Waals surface area contributed by atoms with Gasteiger partial charge in [-0.15, -0.1) is 0 Å². The van der Waals surface area contributed by atoms with Crippen molar-refractivity contribution in [3.63, 3.8) is 0 Å². The van der Waals surface area contributed by atoms with E-state index < -0.39 is 11.7 Å². The topological polar surface area (TPSA) is 41.1 Å². The van der Waals surface area contributed by atoms with E-state index in [9.17, 15) is 13.2 Å². The molecule has 0 aliphatic rings. The van der Waals surface area contributed by atoms with Crippen molar-refractivity contribution in [1.29, 1.82) is 0 Å². The molecule has 0 atom stereocenters. The SMILES string of the molecule is CCCN(CCC)c1ccnc(Nc2ccc(Cl)cc2C(F)(F)F)n1. The second-order valence-corrected chi connectivity index (χ2v) is 5.97. The van der Waals surface area contributed by atoms with E-state index in [0.29, 0.717) is 5.82 Å². The molecule has 0 fully saturated rings. The number of rotatable bonds is 7. The van der Waals surface area contributed by atoms with Gasteiger partial charge in [0, 0.05) is 24.3 Å². The molecule has 0 saturated heterocycles. The molecule has 1 N–H and O–H groups in total. The summed E-state index contributed by atoms with van der Waals surface area (Å²) >= 11 is 5.70. The van der Waals surface area contributed by atoms with Gasteiger partial charge in [-0.1, -0.05) is 25.4 Å². The molecule has 0 spiro atoms. The lowest BCUT2D eigenvalue weighted by Crippen LogP contribution is -2.26. The third-order valence-corrected chi connectivity index (χ3v) is 3.72. The molecule has 0 aliphatic carbocycles. The van der Waals surface area contributed by atoms with Gasteiger partial charge in [-0.2, -0.15) is 18.2 Å². The Morgan fingerprint density at radius 1 is 1.12 bits per heavy atom. The van der Waals surface area contributed by atoms with E-state index in [-0.39, 0.29) is 16.7 Å². The van der Waals surface area contributed by atoms with Gasteiger partial charge < -0.3 is 10.2 Å². The van der Waals surface area contributed by atoms with Gasteiger partial charge in [0.15, 0.2) is 0 Å². The average Bonchev–Trinajstić information content (AvgIpc) is 2.56. The molecule has 1 heterocycles. The van der Waals surface area contributed by atoms with E-state index >= 15 is 0 Å². The predicted molar refractivity (Wildman–Crippen MR) is 94.6 cm³/mol. The van der Waals surface area contributed by atoms with Gasteiger partial charge in [-0.25, -0.2) is 4.98 Å². The zero-order valence-electron chi connectivity index (χ0n) is 14.1. The van der Waals surface area contributed by atoms with Crippen LogP contribution in [0, 0.1) is 0 Å². The maximum Gasteiger partial charge on any atom is 0.418 e. The number of hydrogen-bond acceptors (Lipinski definition) is 4. The second kappa shape index (κ2) is 8.38. The maximum absolute atomic E-state index is 13.2. The number of benzene rings is 1. The first-order valence-electron chi connectivity index (χ1n) is 8.07. The van der Waals surface area contributed by atoms with Crippen LogP contribution in [-0.2, 0) is 6.18 Å². The molecule has 2 aromatic rings. The Kier molecular flexibility index (Phi) is 6.47. The van der Waals surface area contributed by atoms with E-state index in [1.807, 2.05) is 0 Å². The van der Waals surface area contributed by atoms with Crippen molar-refractivity contribution < 1.29 is 13.2 Å². The predicted octanol–water partition coefficient (Wildman–Crippen LogP) is 5.52. The Labute approximate surface area is 150 Å². The van der Waals surface area contributed by atoms with E-state index in [0.717, 1.165) is 32.0 Å². The van der Waals surface area contributed by atoms with Crippen molar-refractivity contribution in [3.8, 4) is 0 Å². The van der Waals surface area contributed by atoms with Crippen LogP contribution < -0.4 is 10.2 Å². The van der Waals surface area contributed by atoms with Crippen LogP contribution >= 0.6 is 11.6 Å². The molecule has 136 valence electrons. The summed E-state index contributed by atoms with van der Waals surface area (Å²) in [5.74, 6) is 0.797. The summed E-state index contributed by atoms with van der Waals surface area (Å²) in [4.78, 5) is 10.5. The molecule has 0 aliphatic heterocycles. The quantitative estimate of drug-likeness (QED) is 0.694. The number of halogens is 4. The van der Waals surface area contributed by atoms with E-state index in [1.165, 1.54) is 18.3 Å². The van der Waals surface area contributed by atoms with Crippen LogP contribution in [0.4, 0.5) is 30.6 Å². The highest BCUT2D eigenvalue weighted by atomic mass is 35.5. The summed E-state index contributed by atoms with van der Waals surface area (Å²) in [7, 11) is 0. The highest BCUT2D eigenvalue weighted by Crippen LogP contribution is 2.37. The number of aromatic nitrogens is 2. The minimum Gasteiger partial charge on any atom is -0.356 e. The van der Waals surface area contributed by atoms with Crippen LogP contribution in [0.5, 0.6) is 0 Å². The number of nitrogens with one attached hydrogen (secondary N) is 1. The number of anilines is 3. The van der Waals surface area contributed by atoms with Crippen molar-refractivity contribution in [2.45, 2.75) is 32.9 Å². The molecule has 25 heavy (non-hydrogen) atoms. The van der Waals surface area contributed by atoms with Crippen molar-refractivity contribution >= 4 is 29.1 Å². The Balaban J connectivity index is 2.31. The molecular formula is C17H20ClF3N4. The second-order valence-electron chi connectivity index (χ2n) is 5.54. The van der Waals surface area contributed by atoms with Crippen LogP contribution in [0.2, 0.25) is 5.02 Å². The Bertz CT molecular complexity index is 701. The normalized spacial score (nSPS) is 11.4. The fraction of sp³-hybridized carbons (Fsp3) is 0.412. The molecule has 1 aromatic heterocycles. The van der Waals surface area contributed by atoms with Crippen molar-refractivity contribution in [1.82, 2.24) is 9.97 Å². The summed E-state index contributed by atoms with van der Waals surface area (Å²) in [5.41, 5.74) is -0.987. The lowest BCUT2D eigenvalue weighted by atomic mass is 10.1. The van der Waals surface area contributed by atoms with Crippen LogP contribution in [0.25, 0.3) is 0 Å². The molecule has 4 nitrogen and oxygen atoms in total. The van der Waals surface area contributed by atoms with Gasteiger partial charge in [0.25, 0.3) is 0 Å². The molecular weight excluding hydrogens is 353 g/mol. The summed E-state index contributed by atoms with van der Waals surface area (Å²) in [6.07, 6.45) is -1.10. The number of hydrogen-bond donors (Lipinski definition) is 1. The lowest BCUT2D eigenvalue weighted by molar-refractivity contribution is -0.136. The zero-order chi connectivity index (χ0) is 18.4. The summed E-state index contributed by atoms with van der Waals surface area (Å²) in [5, 5.41) is 2.68. The zero-order valence-corrected chi connectivity index (χ0v) is 14.8. The van der Waals surface area contributed by atoms with E-state index in [4.69, 9.17) is 11.6 Å². The van der Waals surface area contributed by atoms with Crippen molar-refractivity contribution in [2.75, 3.05) is 23.3 Å². The van der Waals surface area contributed by atoms with Gasteiger partial charge in [0.05, 0.1) is 11.3 Å². The van der Waals surface area contributed by atoms with Crippen LogP contribution in [0.3, 0.4) is 0 Å². The number of nitrogens with zero attached hydrogens (tertiary/aromatic N) is 3. The first-order chi connectivity index (χ1) is 11.8. The Morgan fingerprint density at radius 3 is 2.40 bits per heavy atom. The third-order valence-electron chi connectivity index (χ3n) is 3.49. The lowest BCUT2D eigenvalue weighted by Gasteiger charge is -2.23. The molecule has 0 saturated carbocycles. The van der Waals surface area contributed by atoms with Crippen LogP contribution in [0.1, 0.15) is 32.3 Å². The van der Waals surface area contributed by atoms with E-state index in [1.54, 1.807) is 6.07 Å². The Hall–Kier alpha value is -2.02.